The molecule has 0 radical (unpaired) electrons. The lowest BCUT2D eigenvalue weighted by Crippen LogP contribution is -2.09. The van der Waals surface area contributed by atoms with E-state index in [9.17, 15) is 0 Å². The molecule has 0 N–H and O–H groups in total. The molecule has 0 aliphatic heterocycles. The molecule has 0 unspecified atom stereocenters. The van der Waals surface area contributed by atoms with E-state index in [1.807, 2.05) is 0 Å². The summed E-state index contributed by atoms with van der Waals surface area (Å²) in [5, 5.41) is 9.25. The molecule has 0 amide bonds. The van der Waals surface area contributed by atoms with E-state index < -0.39 is 0 Å². The fourth-order valence-corrected chi connectivity index (χ4v) is 3.24. The first-order valence-corrected chi connectivity index (χ1v) is 7.04. The molecule has 2 nitrogen and oxygen atoms in total. The monoisotopic (exact) mass is 294 g/mol. The van der Waals surface area contributed by atoms with Crippen LogP contribution >= 0.6 is 27.3 Å². The van der Waals surface area contributed by atoms with Gasteiger partial charge in [-0.15, -0.1) is 10.2 Å². The maximum absolute atomic E-state index is 4.21. The highest BCUT2D eigenvalue weighted by atomic mass is 79.9. The van der Waals surface area contributed by atoms with Gasteiger partial charge in [-0.05, 0) is 40.3 Å². The average molecular weight is 295 g/mol. The van der Waals surface area contributed by atoms with Crippen LogP contribution in [0.15, 0.2) is 28.2 Å². The predicted molar refractivity (Wildman–Crippen MR) is 69.6 cm³/mol. The lowest BCUT2D eigenvalue weighted by atomic mass is 9.78. The van der Waals surface area contributed by atoms with Crippen molar-refractivity contribution in [1.29, 1.82) is 0 Å². The zero-order chi connectivity index (χ0) is 11.0. The van der Waals surface area contributed by atoms with Crippen LogP contribution in [0.3, 0.4) is 0 Å². The molecule has 1 aliphatic rings. The van der Waals surface area contributed by atoms with Crippen molar-refractivity contribution < 1.29 is 0 Å². The van der Waals surface area contributed by atoms with Crippen LogP contribution in [0.5, 0.6) is 0 Å². The summed E-state index contributed by atoms with van der Waals surface area (Å²) in [6, 6.07) is 8.58. The van der Waals surface area contributed by atoms with Crippen molar-refractivity contribution in [2.75, 3.05) is 0 Å². The topological polar surface area (TPSA) is 25.8 Å². The lowest BCUT2D eigenvalue weighted by molar-refractivity contribution is 0.420. The second kappa shape index (κ2) is 4.26. The Morgan fingerprint density at radius 1 is 1.19 bits per heavy atom. The highest BCUT2D eigenvalue weighted by molar-refractivity contribution is 9.11. The van der Waals surface area contributed by atoms with Crippen molar-refractivity contribution in [2.45, 2.75) is 25.2 Å². The normalized spacial score (nSPS) is 16.1. The van der Waals surface area contributed by atoms with E-state index in [-0.39, 0.29) is 0 Å². The van der Waals surface area contributed by atoms with E-state index in [1.54, 1.807) is 11.3 Å². The summed E-state index contributed by atoms with van der Waals surface area (Å²) in [6.07, 6.45) is 3.99. The summed E-state index contributed by atoms with van der Waals surface area (Å²) >= 11 is 4.97. The maximum Gasteiger partial charge on any atom is 0.183 e. The van der Waals surface area contributed by atoms with E-state index in [0.717, 1.165) is 14.8 Å². The Bertz CT molecular complexity index is 505. The van der Waals surface area contributed by atoms with Gasteiger partial charge in [-0.25, -0.2) is 0 Å². The van der Waals surface area contributed by atoms with Crippen molar-refractivity contribution in [3.63, 3.8) is 0 Å². The van der Waals surface area contributed by atoms with Crippen LogP contribution in [0.25, 0.3) is 10.6 Å². The van der Waals surface area contributed by atoms with Gasteiger partial charge in [-0.1, -0.05) is 42.0 Å². The Hall–Kier alpha value is -0.740. The average Bonchev–Trinajstić information content (AvgIpc) is 2.63. The van der Waals surface area contributed by atoms with Gasteiger partial charge in [-0.3, -0.25) is 0 Å². The van der Waals surface area contributed by atoms with Crippen LogP contribution < -0.4 is 0 Å². The molecule has 1 aliphatic carbocycles. The SMILES string of the molecule is Brc1nnc(-c2ccccc2C2CCC2)s1. The van der Waals surface area contributed by atoms with Crippen molar-refractivity contribution in [2.24, 2.45) is 0 Å². The third kappa shape index (κ3) is 1.80. The summed E-state index contributed by atoms with van der Waals surface area (Å²) in [6.45, 7) is 0. The number of halogens is 1. The minimum absolute atomic E-state index is 0.735. The Labute approximate surface area is 107 Å². The molecular formula is C12H11BrN2S. The molecule has 1 saturated carbocycles. The molecule has 4 heteroatoms. The van der Waals surface area contributed by atoms with Crippen molar-refractivity contribution in [3.05, 3.63) is 33.7 Å². The minimum atomic E-state index is 0.735. The zero-order valence-corrected chi connectivity index (χ0v) is 11.1. The molecule has 0 bridgehead atoms. The van der Waals surface area contributed by atoms with Gasteiger partial charge in [0, 0.05) is 5.56 Å². The highest BCUT2D eigenvalue weighted by Crippen LogP contribution is 2.41. The highest BCUT2D eigenvalue weighted by Gasteiger charge is 2.23. The van der Waals surface area contributed by atoms with Gasteiger partial charge in [0.05, 0.1) is 0 Å². The number of nitrogens with zero attached hydrogens (tertiary/aromatic N) is 2. The van der Waals surface area contributed by atoms with Crippen LogP contribution in [0.2, 0.25) is 0 Å². The van der Waals surface area contributed by atoms with Crippen LogP contribution in [0.1, 0.15) is 30.7 Å². The van der Waals surface area contributed by atoms with Gasteiger partial charge in [-0.2, -0.15) is 0 Å². The number of rotatable bonds is 2. The first kappa shape index (κ1) is 10.4. The second-order valence-electron chi connectivity index (χ2n) is 4.08. The van der Waals surface area contributed by atoms with Gasteiger partial charge in [0.1, 0.15) is 5.01 Å². The van der Waals surface area contributed by atoms with Crippen molar-refractivity contribution in [3.8, 4) is 10.6 Å². The number of aromatic nitrogens is 2. The van der Waals surface area contributed by atoms with Gasteiger partial charge in [0.15, 0.2) is 3.92 Å². The lowest BCUT2D eigenvalue weighted by Gasteiger charge is -2.27. The summed E-state index contributed by atoms with van der Waals surface area (Å²) in [7, 11) is 0. The largest absolute Gasteiger partial charge is 0.183 e. The fraction of sp³-hybridized carbons (Fsp3) is 0.333. The first-order chi connectivity index (χ1) is 7.84. The van der Waals surface area contributed by atoms with Gasteiger partial charge in [0.25, 0.3) is 0 Å². The fourth-order valence-electron chi connectivity index (χ4n) is 2.08. The van der Waals surface area contributed by atoms with Gasteiger partial charge < -0.3 is 0 Å². The predicted octanol–water partition coefficient (Wildman–Crippen LogP) is 4.24. The summed E-state index contributed by atoms with van der Waals surface area (Å²) in [5.74, 6) is 0.735. The van der Waals surface area contributed by atoms with Crippen molar-refractivity contribution in [1.82, 2.24) is 10.2 Å². The van der Waals surface area contributed by atoms with E-state index >= 15 is 0 Å². The summed E-state index contributed by atoms with van der Waals surface area (Å²) < 4.78 is 0.853. The third-order valence-electron chi connectivity index (χ3n) is 3.14. The molecule has 1 aromatic carbocycles. The second-order valence-corrected chi connectivity index (χ2v) is 6.33. The summed E-state index contributed by atoms with van der Waals surface area (Å²) in [5.41, 5.74) is 2.70. The molecule has 1 heterocycles. The van der Waals surface area contributed by atoms with Crippen molar-refractivity contribution >= 4 is 27.3 Å². The number of benzene rings is 1. The molecule has 0 saturated heterocycles. The summed E-state index contributed by atoms with van der Waals surface area (Å²) in [4.78, 5) is 0. The standard InChI is InChI=1S/C12H11BrN2S/c13-12-15-14-11(16-12)10-7-2-1-6-9(10)8-4-3-5-8/h1-2,6-8H,3-5H2. The molecule has 2 aromatic rings. The van der Waals surface area contributed by atoms with Crippen LogP contribution in [-0.4, -0.2) is 10.2 Å². The quantitative estimate of drug-likeness (QED) is 0.828. The molecule has 0 atom stereocenters. The van der Waals surface area contributed by atoms with E-state index in [0.29, 0.717) is 0 Å². The Morgan fingerprint density at radius 3 is 2.62 bits per heavy atom. The van der Waals surface area contributed by atoms with Gasteiger partial charge in [0.2, 0.25) is 0 Å². The smallest absolute Gasteiger partial charge is 0.137 e. The molecular weight excluding hydrogens is 284 g/mol. The minimum Gasteiger partial charge on any atom is -0.137 e. The molecule has 16 heavy (non-hydrogen) atoms. The van der Waals surface area contributed by atoms with E-state index in [4.69, 9.17) is 0 Å². The van der Waals surface area contributed by atoms with Crippen LogP contribution in [0.4, 0.5) is 0 Å². The zero-order valence-electron chi connectivity index (χ0n) is 8.69. The Balaban J connectivity index is 2.05. The first-order valence-electron chi connectivity index (χ1n) is 5.43. The number of hydrogen-bond acceptors (Lipinski definition) is 3. The molecule has 82 valence electrons. The Morgan fingerprint density at radius 2 is 2.00 bits per heavy atom. The van der Waals surface area contributed by atoms with Crippen LogP contribution in [0, 0.1) is 0 Å². The Kier molecular flexibility index (Phi) is 2.77. The number of hydrogen-bond donors (Lipinski definition) is 0. The molecule has 1 fully saturated rings. The van der Waals surface area contributed by atoms with Crippen LogP contribution in [-0.2, 0) is 0 Å². The maximum atomic E-state index is 4.21. The third-order valence-corrected chi connectivity index (χ3v) is 4.53. The van der Waals surface area contributed by atoms with Gasteiger partial charge >= 0.3 is 0 Å². The molecule has 0 spiro atoms. The molecule has 3 rings (SSSR count). The molecule has 1 aromatic heterocycles. The van der Waals surface area contributed by atoms with E-state index in [2.05, 4.69) is 50.4 Å². The van der Waals surface area contributed by atoms with E-state index in [1.165, 1.54) is 30.4 Å².